The van der Waals surface area contributed by atoms with E-state index >= 15 is 0 Å². The van der Waals surface area contributed by atoms with Gasteiger partial charge in [-0.05, 0) is 30.3 Å². The molecule has 0 radical (unpaired) electrons. The van der Waals surface area contributed by atoms with E-state index in [9.17, 15) is 4.79 Å². The summed E-state index contributed by atoms with van der Waals surface area (Å²) >= 11 is 6.08. The van der Waals surface area contributed by atoms with Crippen LogP contribution in [0.1, 0.15) is 15.9 Å². The predicted octanol–water partition coefficient (Wildman–Crippen LogP) is 3.13. The van der Waals surface area contributed by atoms with Crippen LogP contribution in [0.4, 0.5) is 0 Å². The molecule has 1 amide bonds. The summed E-state index contributed by atoms with van der Waals surface area (Å²) in [6, 6.07) is 9.98. The van der Waals surface area contributed by atoms with Crippen molar-refractivity contribution < 1.29 is 19.0 Å². The summed E-state index contributed by atoms with van der Waals surface area (Å²) in [4.78, 5) is 12.0. The average Bonchev–Trinajstić information content (AvgIpc) is 2.62. The van der Waals surface area contributed by atoms with E-state index in [2.05, 4.69) is 10.5 Å². The summed E-state index contributed by atoms with van der Waals surface area (Å²) in [7, 11) is 4.60. The maximum Gasteiger partial charge on any atom is 0.271 e. The summed E-state index contributed by atoms with van der Waals surface area (Å²) in [5.41, 5.74) is 3.52. The van der Waals surface area contributed by atoms with Crippen LogP contribution in [0, 0.1) is 0 Å². The number of carbonyl (C=O) groups excluding carboxylic acids is 1. The van der Waals surface area contributed by atoms with Crippen molar-refractivity contribution in [2.45, 2.75) is 0 Å². The van der Waals surface area contributed by atoms with Crippen LogP contribution in [0.25, 0.3) is 0 Å². The van der Waals surface area contributed by atoms with Gasteiger partial charge in [0.05, 0.1) is 32.6 Å². The second-order valence-corrected chi connectivity index (χ2v) is 5.06. The number of carbonyl (C=O) groups is 1. The number of nitrogens with zero attached hydrogens (tertiary/aromatic N) is 1. The third kappa shape index (κ3) is 4.17. The Morgan fingerprint density at radius 1 is 1.04 bits per heavy atom. The maximum atomic E-state index is 12.0. The van der Waals surface area contributed by atoms with Gasteiger partial charge in [-0.3, -0.25) is 4.79 Å². The highest BCUT2D eigenvalue weighted by Crippen LogP contribution is 2.31. The van der Waals surface area contributed by atoms with Gasteiger partial charge in [0.2, 0.25) is 0 Å². The third-order valence-corrected chi connectivity index (χ3v) is 3.52. The first-order chi connectivity index (χ1) is 11.6. The smallest absolute Gasteiger partial charge is 0.271 e. The van der Waals surface area contributed by atoms with Gasteiger partial charge >= 0.3 is 0 Å². The van der Waals surface area contributed by atoms with E-state index in [1.807, 2.05) is 0 Å². The lowest BCUT2D eigenvalue weighted by molar-refractivity contribution is 0.0955. The zero-order valence-corrected chi connectivity index (χ0v) is 14.3. The molecule has 0 spiro atoms. The molecule has 7 heteroatoms. The van der Waals surface area contributed by atoms with Crippen molar-refractivity contribution in [1.29, 1.82) is 0 Å². The molecule has 0 unspecified atom stereocenters. The molecule has 2 aromatic rings. The minimum atomic E-state index is -0.340. The van der Waals surface area contributed by atoms with E-state index in [1.165, 1.54) is 20.4 Å². The van der Waals surface area contributed by atoms with Crippen LogP contribution in [-0.4, -0.2) is 33.5 Å². The predicted molar refractivity (Wildman–Crippen MR) is 92.6 cm³/mol. The first-order valence-electron chi connectivity index (χ1n) is 6.98. The zero-order chi connectivity index (χ0) is 17.5. The number of methoxy groups -OCH3 is 3. The molecule has 6 nitrogen and oxygen atoms in total. The monoisotopic (exact) mass is 348 g/mol. The van der Waals surface area contributed by atoms with Crippen LogP contribution in [-0.2, 0) is 0 Å². The quantitative estimate of drug-likeness (QED) is 0.643. The van der Waals surface area contributed by atoms with Gasteiger partial charge in [0.25, 0.3) is 5.91 Å². The van der Waals surface area contributed by atoms with E-state index < -0.39 is 0 Å². The van der Waals surface area contributed by atoms with Crippen molar-refractivity contribution in [3.05, 3.63) is 52.5 Å². The fourth-order valence-electron chi connectivity index (χ4n) is 1.95. The van der Waals surface area contributed by atoms with Crippen LogP contribution < -0.4 is 19.6 Å². The molecule has 0 saturated heterocycles. The highest BCUT2D eigenvalue weighted by Gasteiger charge is 2.09. The van der Waals surface area contributed by atoms with Crippen molar-refractivity contribution in [2.75, 3.05) is 21.3 Å². The second kappa shape index (κ2) is 8.21. The molecule has 0 fully saturated rings. The van der Waals surface area contributed by atoms with Gasteiger partial charge < -0.3 is 14.2 Å². The van der Waals surface area contributed by atoms with E-state index in [-0.39, 0.29) is 5.91 Å². The Hall–Kier alpha value is -2.73. The van der Waals surface area contributed by atoms with Crippen molar-refractivity contribution >= 4 is 23.7 Å². The van der Waals surface area contributed by atoms with Crippen molar-refractivity contribution in [3.8, 4) is 17.2 Å². The fourth-order valence-corrected chi connectivity index (χ4v) is 2.20. The number of ether oxygens (including phenoxy) is 3. The highest BCUT2D eigenvalue weighted by molar-refractivity contribution is 6.32. The second-order valence-electron chi connectivity index (χ2n) is 4.66. The van der Waals surface area contributed by atoms with Gasteiger partial charge in [-0.15, -0.1) is 0 Å². The molecule has 126 valence electrons. The van der Waals surface area contributed by atoms with Gasteiger partial charge in [-0.1, -0.05) is 11.6 Å². The van der Waals surface area contributed by atoms with Gasteiger partial charge in [-0.2, -0.15) is 5.10 Å². The molecule has 0 aliphatic carbocycles. The van der Waals surface area contributed by atoms with Crippen LogP contribution in [0.5, 0.6) is 17.2 Å². The molecule has 0 heterocycles. The van der Waals surface area contributed by atoms with Crippen molar-refractivity contribution in [1.82, 2.24) is 5.43 Å². The number of rotatable bonds is 6. The topological polar surface area (TPSA) is 69.2 Å². The molecule has 0 atom stereocenters. The normalized spacial score (nSPS) is 10.5. The van der Waals surface area contributed by atoms with E-state index in [0.29, 0.717) is 33.4 Å². The Bertz CT molecular complexity index is 745. The lowest BCUT2D eigenvalue weighted by atomic mass is 10.2. The van der Waals surface area contributed by atoms with E-state index in [1.54, 1.807) is 43.5 Å². The number of hydrogen-bond donors (Lipinski definition) is 1. The lowest BCUT2D eigenvalue weighted by Crippen LogP contribution is -2.17. The number of hydrazone groups is 1. The average molecular weight is 349 g/mol. The molecule has 2 aromatic carbocycles. The lowest BCUT2D eigenvalue weighted by Gasteiger charge is -2.09. The Balaban J connectivity index is 2.10. The summed E-state index contributed by atoms with van der Waals surface area (Å²) in [5, 5.41) is 4.35. The fraction of sp³-hybridized carbons (Fsp3) is 0.176. The number of nitrogens with one attached hydrogen (secondary N) is 1. The highest BCUT2D eigenvalue weighted by atomic mass is 35.5. The summed E-state index contributed by atoms with van der Waals surface area (Å²) in [6.07, 6.45) is 1.45. The summed E-state index contributed by atoms with van der Waals surface area (Å²) in [5.74, 6) is 1.35. The molecule has 2 rings (SSSR count). The molecule has 0 aliphatic heterocycles. The molecule has 24 heavy (non-hydrogen) atoms. The maximum absolute atomic E-state index is 12.0. The molecular formula is C17H17ClN2O4. The largest absolute Gasteiger partial charge is 0.497 e. The third-order valence-electron chi connectivity index (χ3n) is 3.23. The van der Waals surface area contributed by atoms with E-state index in [4.69, 9.17) is 25.8 Å². The van der Waals surface area contributed by atoms with Gasteiger partial charge in [0.1, 0.15) is 17.2 Å². The first-order valence-corrected chi connectivity index (χ1v) is 7.35. The number of halogens is 1. The molecule has 0 aromatic heterocycles. The number of hydrogen-bond acceptors (Lipinski definition) is 5. The summed E-state index contributed by atoms with van der Waals surface area (Å²) in [6.45, 7) is 0. The van der Waals surface area contributed by atoms with Crippen LogP contribution in [0.15, 0.2) is 41.5 Å². The SMILES string of the molecule is COc1ccc(C(=O)N/N=C\c2cc(Cl)c(OC)cc2OC)cc1. The Kier molecular flexibility index (Phi) is 6.03. The number of benzene rings is 2. The Morgan fingerprint density at radius 2 is 1.71 bits per heavy atom. The minimum absolute atomic E-state index is 0.340. The van der Waals surface area contributed by atoms with Crippen LogP contribution in [0.3, 0.4) is 0 Å². The number of amides is 1. The van der Waals surface area contributed by atoms with Crippen molar-refractivity contribution in [2.24, 2.45) is 5.10 Å². The molecule has 0 saturated carbocycles. The van der Waals surface area contributed by atoms with E-state index in [0.717, 1.165) is 0 Å². The minimum Gasteiger partial charge on any atom is -0.497 e. The molecule has 1 N–H and O–H groups in total. The van der Waals surface area contributed by atoms with Gasteiger partial charge in [0, 0.05) is 17.2 Å². The standard InChI is InChI=1S/C17H17ClN2O4/c1-22-13-6-4-11(5-7-13)17(21)20-19-10-12-8-14(18)16(24-3)9-15(12)23-2/h4-10H,1-3H3,(H,20,21)/b19-10-. The van der Waals surface area contributed by atoms with Gasteiger partial charge in [-0.25, -0.2) is 5.43 Å². The molecule has 0 bridgehead atoms. The van der Waals surface area contributed by atoms with Crippen LogP contribution in [0.2, 0.25) is 5.02 Å². The van der Waals surface area contributed by atoms with Gasteiger partial charge in [0.15, 0.2) is 0 Å². The Morgan fingerprint density at radius 3 is 2.29 bits per heavy atom. The van der Waals surface area contributed by atoms with Crippen molar-refractivity contribution in [3.63, 3.8) is 0 Å². The first kappa shape index (κ1) is 17.6. The zero-order valence-electron chi connectivity index (χ0n) is 13.5. The molecule has 0 aliphatic rings. The van der Waals surface area contributed by atoms with Crippen LogP contribution >= 0.6 is 11.6 Å². The Labute approximate surface area is 145 Å². The molecular weight excluding hydrogens is 332 g/mol. The summed E-state index contributed by atoms with van der Waals surface area (Å²) < 4.78 is 15.4.